The maximum atomic E-state index is 5.95. The molecule has 0 aliphatic carbocycles. The summed E-state index contributed by atoms with van der Waals surface area (Å²) in [4.78, 5) is 4.47. The van der Waals surface area contributed by atoms with Crippen LogP contribution in [0.15, 0.2) is 67.9 Å². The first-order valence-corrected chi connectivity index (χ1v) is 7.72. The molecule has 0 spiro atoms. The molecule has 4 heteroatoms. The predicted molar refractivity (Wildman–Crippen MR) is 89.6 cm³/mol. The van der Waals surface area contributed by atoms with Crippen LogP contribution in [0.2, 0.25) is 0 Å². The lowest BCUT2D eigenvalue weighted by atomic mass is 10.1. The Hall–Kier alpha value is -2.33. The molecule has 0 N–H and O–H groups in total. The van der Waals surface area contributed by atoms with Gasteiger partial charge in [-0.2, -0.15) is 0 Å². The Balaban J connectivity index is 1.81. The molecule has 4 aromatic rings. The van der Waals surface area contributed by atoms with Crippen LogP contribution < -0.4 is 0 Å². The van der Waals surface area contributed by atoms with Crippen LogP contribution >= 0.6 is 15.9 Å². The van der Waals surface area contributed by atoms with Crippen molar-refractivity contribution in [3.05, 3.63) is 64.6 Å². The first kappa shape index (κ1) is 13.3. The molecule has 0 bridgehead atoms. The second kappa shape index (κ2) is 5.14. The standard InChI is InChI=1S/C18H12BrNO2/c1-11-6-8-12(9-7-11)16-10-13(19)17(21-16)18-20-14-4-2-3-5-15(14)22-18/h2-10H,1H3. The van der Waals surface area contributed by atoms with E-state index in [9.17, 15) is 0 Å². The Labute approximate surface area is 135 Å². The summed E-state index contributed by atoms with van der Waals surface area (Å²) in [7, 11) is 0. The fraction of sp³-hybridized carbons (Fsp3) is 0.0556. The first-order valence-electron chi connectivity index (χ1n) is 6.93. The zero-order valence-corrected chi connectivity index (χ0v) is 13.4. The van der Waals surface area contributed by atoms with Gasteiger partial charge in [-0.3, -0.25) is 0 Å². The van der Waals surface area contributed by atoms with Crippen LogP contribution in [-0.4, -0.2) is 4.98 Å². The number of para-hydroxylation sites is 2. The van der Waals surface area contributed by atoms with Crippen molar-refractivity contribution in [2.75, 3.05) is 0 Å². The maximum absolute atomic E-state index is 5.95. The summed E-state index contributed by atoms with van der Waals surface area (Å²) in [5, 5.41) is 0. The van der Waals surface area contributed by atoms with Crippen LogP contribution in [0.3, 0.4) is 0 Å². The zero-order valence-electron chi connectivity index (χ0n) is 11.8. The molecule has 0 saturated heterocycles. The molecule has 0 unspecified atom stereocenters. The molecule has 0 aliphatic heterocycles. The number of nitrogens with zero attached hydrogens (tertiary/aromatic N) is 1. The number of halogens is 1. The van der Waals surface area contributed by atoms with Crippen LogP contribution in [0.4, 0.5) is 0 Å². The van der Waals surface area contributed by atoms with Crippen molar-refractivity contribution in [1.82, 2.24) is 4.98 Å². The highest BCUT2D eigenvalue weighted by Crippen LogP contribution is 2.36. The minimum atomic E-state index is 0.478. The van der Waals surface area contributed by atoms with Crippen molar-refractivity contribution >= 4 is 27.0 Å². The van der Waals surface area contributed by atoms with E-state index >= 15 is 0 Å². The van der Waals surface area contributed by atoms with E-state index in [1.54, 1.807) is 0 Å². The van der Waals surface area contributed by atoms with Gasteiger partial charge in [0.15, 0.2) is 5.58 Å². The first-order chi connectivity index (χ1) is 10.7. The van der Waals surface area contributed by atoms with Gasteiger partial charge in [0.05, 0.1) is 4.47 Å². The van der Waals surface area contributed by atoms with Crippen LogP contribution in [0, 0.1) is 6.92 Å². The van der Waals surface area contributed by atoms with Crippen molar-refractivity contribution in [3.63, 3.8) is 0 Å². The fourth-order valence-electron chi connectivity index (χ4n) is 2.34. The van der Waals surface area contributed by atoms with Gasteiger partial charge in [-0.25, -0.2) is 4.98 Å². The maximum Gasteiger partial charge on any atom is 0.265 e. The van der Waals surface area contributed by atoms with Crippen molar-refractivity contribution < 1.29 is 8.83 Å². The number of hydrogen-bond acceptors (Lipinski definition) is 3. The number of hydrogen-bond donors (Lipinski definition) is 0. The summed E-state index contributed by atoms with van der Waals surface area (Å²) in [6, 6.07) is 17.8. The third-order valence-corrected chi connectivity index (χ3v) is 4.10. The van der Waals surface area contributed by atoms with E-state index in [1.807, 2.05) is 42.5 Å². The lowest BCUT2D eigenvalue weighted by Crippen LogP contribution is -1.75. The number of aromatic nitrogens is 1. The minimum absolute atomic E-state index is 0.478. The molecular formula is C18H12BrNO2. The van der Waals surface area contributed by atoms with Gasteiger partial charge in [-0.1, -0.05) is 42.0 Å². The molecule has 4 rings (SSSR count). The summed E-state index contributed by atoms with van der Waals surface area (Å²) in [6.07, 6.45) is 0. The highest BCUT2D eigenvalue weighted by Gasteiger charge is 2.17. The third-order valence-electron chi connectivity index (χ3n) is 3.51. The largest absolute Gasteiger partial charge is 0.450 e. The van der Waals surface area contributed by atoms with Crippen molar-refractivity contribution in [2.24, 2.45) is 0 Å². The van der Waals surface area contributed by atoms with E-state index in [2.05, 4.69) is 40.0 Å². The quantitative estimate of drug-likeness (QED) is 0.455. The molecular weight excluding hydrogens is 342 g/mol. The summed E-state index contributed by atoms with van der Waals surface area (Å²) in [5.74, 6) is 1.86. The Bertz CT molecular complexity index is 918. The monoisotopic (exact) mass is 353 g/mol. The van der Waals surface area contributed by atoms with E-state index in [1.165, 1.54) is 5.56 Å². The van der Waals surface area contributed by atoms with Gasteiger partial charge in [0.2, 0.25) is 5.76 Å². The highest BCUT2D eigenvalue weighted by atomic mass is 79.9. The summed E-state index contributed by atoms with van der Waals surface area (Å²) < 4.78 is 12.5. The van der Waals surface area contributed by atoms with E-state index in [0.29, 0.717) is 11.7 Å². The van der Waals surface area contributed by atoms with Crippen molar-refractivity contribution in [2.45, 2.75) is 6.92 Å². The second-order valence-electron chi connectivity index (χ2n) is 5.14. The average Bonchev–Trinajstić information content (AvgIpc) is 3.11. The van der Waals surface area contributed by atoms with Crippen LogP contribution in [0.1, 0.15) is 5.56 Å². The Morgan fingerprint density at radius 2 is 1.73 bits per heavy atom. The van der Waals surface area contributed by atoms with Gasteiger partial charge in [0.25, 0.3) is 5.89 Å². The summed E-state index contributed by atoms with van der Waals surface area (Å²) in [6.45, 7) is 2.06. The Kier molecular flexibility index (Phi) is 3.12. The SMILES string of the molecule is Cc1ccc(-c2cc(Br)c(-c3nc4ccccc4o3)o2)cc1. The van der Waals surface area contributed by atoms with E-state index in [4.69, 9.17) is 8.83 Å². The van der Waals surface area contributed by atoms with Gasteiger partial charge in [-0.05, 0) is 41.1 Å². The van der Waals surface area contributed by atoms with Crippen LogP contribution in [0.25, 0.3) is 34.1 Å². The molecule has 0 aliphatic rings. The average molecular weight is 354 g/mol. The van der Waals surface area contributed by atoms with E-state index in [0.717, 1.165) is 26.9 Å². The van der Waals surface area contributed by atoms with Gasteiger partial charge in [0, 0.05) is 5.56 Å². The molecule has 2 heterocycles. The second-order valence-corrected chi connectivity index (χ2v) is 5.99. The van der Waals surface area contributed by atoms with Gasteiger partial charge < -0.3 is 8.83 Å². The normalized spacial score (nSPS) is 11.2. The van der Waals surface area contributed by atoms with Gasteiger partial charge >= 0.3 is 0 Å². The molecule has 2 aromatic heterocycles. The number of benzene rings is 2. The fourth-order valence-corrected chi connectivity index (χ4v) is 2.80. The number of rotatable bonds is 2. The number of fused-ring (bicyclic) bond motifs is 1. The van der Waals surface area contributed by atoms with E-state index < -0.39 is 0 Å². The Morgan fingerprint density at radius 1 is 0.955 bits per heavy atom. The lowest BCUT2D eigenvalue weighted by Gasteiger charge is -1.97. The molecule has 0 saturated carbocycles. The topological polar surface area (TPSA) is 39.2 Å². The summed E-state index contributed by atoms with van der Waals surface area (Å²) >= 11 is 3.53. The molecule has 0 fully saturated rings. The zero-order chi connectivity index (χ0) is 15.1. The number of furan rings is 1. The van der Waals surface area contributed by atoms with E-state index in [-0.39, 0.29) is 0 Å². The molecule has 0 radical (unpaired) electrons. The number of aryl methyl sites for hydroxylation is 1. The van der Waals surface area contributed by atoms with Crippen LogP contribution in [0.5, 0.6) is 0 Å². The summed E-state index contributed by atoms with van der Waals surface area (Å²) in [5.41, 5.74) is 3.80. The third kappa shape index (κ3) is 2.25. The minimum Gasteiger partial charge on any atom is -0.450 e. The van der Waals surface area contributed by atoms with Crippen LogP contribution in [-0.2, 0) is 0 Å². The molecule has 22 heavy (non-hydrogen) atoms. The molecule has 0 atom stereocenters. The highest BCUT2D eigenvalue weighted by molar-refractivity contribution is 9.10. The van der Waals surface area contributed by atoms with Crippen molar-refractivity contribution in [3.8, 4) is 23.0 Å². The predicted octanol–water partition coefficient (Wildman–Crippen LogP) is 5.83. The number of oxazole rings is 1. The van der Waals surface area contributed by atoms with Gasteiger partial charge in [-0.15, -0.1) is 0 Å². The molecule has 108 valence electrons. The lowest BCUT2D eigenvalue weighted by molar-refractivity contribution is 0.542. The molecule has 3 nitrogen and oxygen atoms in total. The Morgan fingerprint density at radius 3 is 2.50 bits per heavy atom. The molecule has 0 amide bonds. The smallest absolute Gasteiger partial charge is 0.265 e. The molecule has 2 aromatic carbocycles. The van der Waals surface area contributed by atoms with Gasteiger partial charge in [0.1, 0.15) is 11.3 Å². The van der Waals surface area contributed by atoms with Crippen molar-refractivity contribution in [1.29, 1.82) is 0 Å².